The Kier molecular flexibility index (Phi) is 15.6. The summed E-state index contributed by atoms with van der Waals surface area (Å²) in [5.74, 6) is 1.66. The van der Waals surface area contributed by atoms with Gasteiger partial charge >= 0.3 is 5.95 Å². The van der Waals surface area contributed by atoms with Crippen LogP contribution in [0.1, 0.15) is 84.0 Å². The number of aliphatic hydroxyl groups excluding tert-OH is 2. The Morgan fingerprint density at radius 1 is 0.786 bits per heavy atom. The fourth-order valence-corrected chi connectivity index (χ4v) is 3.22. The standard InChI is InChI=1S/C22H42N4O2/c1-2-3-4-5-6-7-8-9-10-11-15-24-22-25-21(23-16-12-19-27)14-18-26(22)17-13-20-28/h14,18,27-28H,2-13,15-17,19-20H2,1H3,(H,23,24,25)/p+1. The van der Waals surface area contributed by atoms with Crippen molar-refractivity contribution in [2.45, 2.75) is 90.5 Å². The molecule has 1 aromatic rings. The molecule has 162 valence electrons. The number of aryl methyl sites for hydroxylation is 1. The Morgan fingerprint density at radius 2 is 1.39 bits per heavy atom. The summed E-state index contributed by atoms with van der Waals surface area (Å²) in [6, 6.07) is 1.94. The molecule has 0 aliphatic heterocycles. The third-order valence-corrected chi connectivity index (χ3v) is 4.92. The maximum atomic E-state index is 9.10. The highest BCUT2D eigenvalue weighted by atomic mass is 16.3. The number of hydrogen-bond acceptors (Lipinski definition) is 5. The smallest absolute Gasteiger partial charge is 0.393 e. The quantitative estimate of drug-likeness (QED) is 0.211. The van der Waals surface area contributed by atoms with Gasteiger partial charge in [0.15, 0.2) is 0 Å². The predicted octanol–water partition coefficient (Wildman–Crippen LogP) is 3.88. The number of aromatic nitrogens is 2. The van der Waals surface area contributed by atoms with Crippen molar-refractivity contribution in [3.05, 3.63) is 12.3 Å². The maximum Gasteiger partial charge on any atom is 0.393 e. The van der Waals surface area contributed by atoms with E-state index in [0.29, 0.717) is 13.0 Å². The second kappa shape index (κ2) is 17.7. The molecule has 0 spiro atoms. The van der Waals surface area contributed by atoms with Crippen molar-refractivity contribution in [2.24, 2.45) is 0 Å². The highest BCUT2D eigenvalue weighted by Gasteiger charge is 2.12. The van der Waals surface area contributed by atoms with E-state index in [1.54, 1.807) is 0 Å². The predicted molar refractivity (Wildman–Crippen MR) is 117 cm³/mol. The van der Waals surface area contributed by atoms with Crippen LogP contribution < -0.4 is 15.2 Å². The first-order valence-electron chi connectivity index (χ1n) is 11.4. The van der Waals surface area contributed by atoms with E-state index in [1.165, 1.54) is 57.8 Å². The zero-order chi connectivity index (χ0) is 20.3. The molecule has 0 bridgehead atoms. The summed E-state index contributed by atoms with van der Waals surface area (Å²) in [6.07, 6.45) is 16.8. The minimum Gasteiger partial charge on any atom is -0.396 e. The molecule has 1 heterocycles. The van der Waals surface area contributed by atoms with Gasteiger partial charge in [-0.3, -0.25) is 5.32 Å². The van der Waals surface area contributed by atoms with Gasteiger partial charge in [-0.15, -0.1) is 0 Å². The number of nitrogens with zero attached hydrogens (tertiary/aromatic N) is 2. The molecule has 4 N–H and O–H groups in total. The number of nitrogens with one attached hydrogen (secondary N) is 2. The summed E-state index contributed by atoms with van der Waals surface area (Å²) < 4.78 is 2.06. The summed E-state index contributed by atoms with van der Waals surface area (Å²) in [7, 11) is 0. The Hall–Kier alpha value is -1.40. The molecule has 1 aromatic heterocycles. The lowest BCUT2D eigenvalue weighted by Crippen LogP contribution is -2.39. The summed E-state index contributed by atoms with van der Waals surface area (Å²) in [5, 5.41) is 24.7. The second-order valence-corrected chi connectivity index (χ2v) is 7.52. The van der Waals surface area contributed by atoms with Crippen molar-refractivity contribution in [1.82, 2.24) is 4.98 Å². The Morgan fingerprint density at radius 3 is 2.04 bits per heavy atom. The van der Waals surface area contributed by atoms with E-state index in [1.807, 2.05) is 12.3 Å². The summed E-state index contributed by atoms with van der Waals surface area (Å²) in [4.78, 5) is 4.66. The summed E-state index contributed by atoms with van der Waals surface area (Å²) >= 11 is 0. The summed E-state index contributed by atoms with van der Waals surface area (Å²) in [5.41, 5.74) is 0. The molecule has 0 amide bonds. The Bertz CT molecular complexity index is 486. The van der Waals surface area contributed by atoms with Crippen molar-refractivity contribution in [2.75, 3.05) is 36.9 Å². The van der Waals surface area contributed by atoms with Gasteiger partial charge in [0.25, 0.3) is 0 Å². The van der Waals surface area contributed by atoms with Crippen LogP contribution in [0.2, 0.25) is 0 Å². The normalized spacial score (nSPS) is 11.0. The van der Waals surface area contributed by atoms with E-state index in [2.05, 4.69) is 27.1 Å². The number of aliphatic hydroxyl groups is 2. The molecule has 0 radical (unpaired) electrons. The lowest BCUT2D eigenvalue weighted by Gasteiger charge is -2.08. The Balaban J connectivity index is 2.26. The highest BCUT2D eigenvalue weighted by molar-refractivity contribution is 5.36. The molecular formula is C22H43N4O2+. The van der Waals surface area contributed by atoms with E-state index in [-0.39, 0.29) is 13.2 Å². The van der Waals surface area contributed by atoms with Crippen LogP contribution in [0, 0.1) is 0 Å². The van der Waals surface area contributed by atoms with E-state index < -0.39 is 0 Å². The van der Waals surface area contributed by atoms with Gasteiger partial charge in [0.1, 0.15) is 0 Å². The van der Waals surface area contributed by atoms with E-state index >= 15 is 0 Å². The minimum atomic E-state index is 0.181. The number of hydrogen-bond donors (Lipinski definition) is 4. The minimum absolute atomic E-state index is 0.181. The molecule has 0 saturated heterocycles. The molecule has 0 fully saturated rings. The molecule has 0 unspecified atom stereocenters. The highest BCUT2D eigenvalue weighted by Crippen LogP contribution is 2.11. The zero-order valence-corrected chi connectivity index (χ0v) is 18.0. The molecule has 0 aromatic carbocycles. The van der Waals surface area contributed by atoms with E-state index in [9.17, 15) is 0 Å². The molecule has 0 atom stereocenters. The molecule has 6 heteroatoms. The average molecular weight is 396 g/mol. The van der Waals surface area contributed by atoms with Gasteiger partial charge in [0.2, 0.25) is 5.82 Å². The van der Waals surface area contributed by atoms with Gasteiger partial charge in [0, 0.05) is 32.2 Å². The van der Waals surface area contributed by atoms with Crippen LogP contribution in [0.4, 0.5) is 11.8 Å². The molecule has 1 rings (SSSR count). The van der Waals surface area contributed by atoms with Gasteiger partial charge in [-0.1, -0.05) is 69.7 Å². The average Bonchev–Trinajstić information content (AvgIpc) is 2.71. The first kappa shape index (κ1) is 24.6. The van der Waals surface area contributed by atoms with Crippen molar-refractivity contribution >= 4 is 11.8 Å². The first-order chi connectivity index (χ1) is 13.8. The Labute approximate surface area is 171 Å². The van der Waals surface area contributed by atoms with E-state index in [0.717, 1.165) is 37.7 Å². The zero-order valence-electron chi connectivity index (χ0n) is 18.0. The maximum absolute atomic E-state index is 9.10. The SMILES string of the molecule is CCCCCCCCCCCCNc1nc(NCCCO)cc[n+]1CCCO. The van der Waals surface area contributed by atoms with Gasteiger partial charge in [-0.05, 0) is 12.8 Å². The third kappa shape index (κ3) is 12.1. The van der Waals surface area contributed by atoms with E-state index in [4.69, 9.17) is 10.2 Å². The molecule has 0 aliphatic carbocycles. The number of anilines is 2. The lowest BCUT2D eigenvalue weighted by atomic mass is 10.1. The van der Waals surface area contributed by atoms with Gasteiger partial charge < -0.3 is 15.5 Å². The topological polar surface area (TPSA) is 81.3 Å². The van der Waals surface area contributed by atoms with Gasteiger partial charge in [-0.25, -0.2) is 4.57 Å². The van der Waals surface area contributed by atoms with Gasteiger partial charge in [0.05, 0.1) is 19.3 Å². The second-order valence-electron chi connectivity index (χ2n) is 7.52. The van der Waals surface area contributed by atoms with Crippen LogP contribution in [0.25, 0.3) is 0 Å². The molecule has 6 nitrogen and oxygen atoms in total. The monoisotopic (exact) mass is 395 g/mol. The van der Waals surface area contributed by atoms with Crippen molar-refractivity contribution in [3.63, 3.8) is 0 Å². The van der Waals surface area contributed by atoms with Crippen molar-refractivity contribution in [1.29, 1.82) is 0 Å². The van der Waals surface area contributed by atoms with Crippen LogP contribution >= 0.6 is 0 Å². The fourth-order valence-electron chi connectivity index (χ4n) is 3.22. The lowest BCUT2D eigenvalue weighted by molar-refractivity contribution is -0.686. The third-order valence-electron chi connectivity index (χ3n) is 4.92. The van der Waals surface area contributed by atoms with Crippen LogP contribution in [0.5, 0.6) is 0 Å². The molecular weight excluding hydrogens is 352 g/mol. The molecule has 28 heavy (non-hydrogen) atoms. The van der Waals surface area contributed by atoms with Crippen molar-refractivity contribution < 1.29 is 14.8 Å². The summed E-state index contributed by atoms with van der Waals surface area (Å²) in [6.45, 7) is 5.01. The van der Waals surface area contributed by atoms with Crippen molar-refractivity contribution in [3.8, 4) is 0 Å². The number of rotatable bonds is 19. The first-order valence-corrected chi connectivity index (χ1v) is 11.4. The van der Waals surface area contributed by atoms with Crippen LogP contribution in [-0.2, 0) is 6.54 Å². The molecule has 0 saturated carbocycles. The van der Waals surface area contributed by atoms with Gasteiger partial charge in [-0.2, -0.15) is 0 Å². The number of unbranched alkanes of at least 4 members (excludes halogenated alkanes) is 9. The fraction of sp³-hybridized carbons (Fsp3) is 0.818. The van der Waals surface area contributed by atoms with Crippen LogP contribution in [0.3, 0.4) is 0 Å². The molecule has 0 aliphatic rings. The van der Waals surface area contributed by atoms with Crippen LogP contribution in [0.15, 0.2) is 12.3 Å². The van der Waals surface area contributed by atoms with Crippen LogP contribution in [-0.4, -0.2) is 41.5 Å². The largest absolute Gasteiger partial charge is 0.396 e.